The molecule has 0 saturated heterocycles. The summed E-state index contributed by atoms with van der Waals surface area (Å²) in [5.41, 5.74) is 3.84. The van der Waals surface area contributed by atoms with E-state index in [2.05, 4.69) is 58.2 Å². The SMILES string of the molecule is Cc1cccc(CSCc2ccc(Br)cn2)c1. The molecule has 0 saturated carbocycles. The van der Waals surface area contributed by atoms with Crippen molar-refractivity contribution in [3.63, 3.8) is 0 Å². The van der Waals surface area contributed by atoms with Gasteiger partial charge in [-0.15, -0.1) is 0 Å². The highest BCUT2D eigenvalue weighted by atomic mass is 79.9. The quantitative estimate of drug-likeness (QED) is 0.819. The van der Waals surface area contributed by atoms with Gasteiger partial charge in [0.25, 0.3) is 0 Å². The van der Waals surface area contributed by atoms with Gasteiger partial charge in [0.1, 0.15) is 0 Å². The number of aryl methyl sites for hydroxylation is 1. The van der Waals surface area contributed by atoms with Gasteiger partial charge >= 0.3 is 0 Å². The molecule has 2 aromatic rings. The van der Waals surface area contributed by atoms with Crippen molar-refractivity contribution in [2.45, 2.75) is 18.4 Å². The van der Waals surface area contributed by atoms with E-state index in [1.807, 2.05) is 24.0 Å². The van der Waals surface area contributed by atoms with Crippen LogP contribution in [0.3, 0.4) is 0 Å². The van der Waals surface area contributed by atoms with Crippen molar-refractivity contribution in [1.29, 1.82) is 0 Å². The standard InChI is InChI=1S/C14H14BrNS/c1-11-3-2-4-12(7-11)9-17-10-14-6-5-13(15)8-16-14/h2-8H,9-10H2,1H3. The van der Waals surface area contributed by atoms with Gasteiger partial charge in [-0.3, -0.25) is 4.98 Å². The van der Waals surface area contributed by atoms with Gasteiger partial charge in [0.05, 0.1) is 5.69 Å². The van der Waals surface area contributed by atoms with Crippen molar-refractivity contribution in [2.75, 3.05) is 0 Å². The molecular formula is C14H14BrNS. The minimum absolute atomic E-state index is 0.960. The first-order valence-corrected chi connectivity index (χ1v) is 7.42. The molecule has 0 radical (unpaired) electrons. The van der Waals surface area contributed by atoms with Crippen LogP contribution < -0.4 is 0 Å². The van der Waals surface area contributed by atoms with Gasteiger partial charge in [0.15, 0.2) is 0 Å². The van der Waals surface area contributed by atoms with Crippen molar-refractivity contribution in [1.82, 2.24) is 4.98 Å². The maximum absolute atomic E-state index is 4.36. The third-order valence-corrected chi connectivity index (χ3v) is 3.90. The van der Waals surface area contributed by atoms with E-state index < -0.39 is 0 Å². The topological polar surface area (TPSA) is 12.9 Å². The molecule has 1 aromatic heterocycles. The summed E-state index contributed by atoms with van der Waals surface area (Å²) in [6.45, 7) is 2.13. The molecule has 17 heavy (non-hydrogen) atoms. The Morgan fingerprint density at radius 1 is 1.18 bits per heavy atom. The molecule has 0 N–H and O–H groups in total. The normalized spacial score (nSPS) is 10.5. The van der Waals surface area contributed by atoms with E-state index in [1.165, 1.54) is 11.1 Å². The van der Waals surface area contributed by atoms with E-state index in [-0.39, 0.29) is 0 Å². The largest absolute Gasteiger partial charge is 0.259 e. The summed E-state index contributed by atoms with van der Waals surface area (Å²) in [5.74, 6) is 2.00. The number of pyridine rings is 1. The number of hydrogen-bond donors (Lipinski definition) is 0. The highest BCUT2D eigenvalue weighted by molar-refractivity contribution is 9.10. The summed E-state index contributed by atoms with van der Waals surface area (Å²) in [7, 11) is 0. The van der Waals surface area contributed by atoms with Crippen LogP contribution in [-0.4, -0.2) is 4.98 Å². The van der Waals surface area contributed by atoms with Crippen LogP contribution in [0.25, 0.3) is 0 Å². The second-order valence-corrected chi connectivity index (χ2v) is 5.85. The molecule has 0 aliphatic carbocycles. The summed E-state index contributed by atoms with van der Waals surface area (Å²) in [4.78, 5) is 4.36. The van der Waals surface area contributed by atoms with E-state index in [1.54, 1.807) is 0 Å². The maximum Gasteiger partial charge on any atom is 0.0503 e. The highest BCUT2D eigenvalue weighted by Crippen LogP contribution is 2.18. The molecule has 0 aliphatic heterocycles. The van der Waals surface area contributed by atoms with E-state index >= 15 is 0 Å². The number of aromatic nitrogens is 1. The smallest absolute Gasteiger partial charge is 0.0503 e. The first-order valence-electron chi connectivity index (χ1n) is 5.48. The van der Waals surface area contributed by atoms with Gasteiger partial charge in [0, 0.05) is 22.2 Å². The minimum Gasteiger partial charge on any atom is -0.259 e. The van der Waals surface area contributed by atoms with E-state index in [9.17, 15) is 0 Å². The second-order valence-electron chi connectivity index (χ2n) is 3.95. The first kappa shape index (κ1) is 12.7. The molecule has 0 atom stereocenters. The van der Waals surface area contributed by atoms with Crippen LogP contribution in [0.5, 0.6) is 0 Å². The van der Waals surface area contributed by atoms with E-state index in [0.717, 1.165) is 21.7 Å². The number of nitrogens with zero attached hydrogens (tertiary/aromatic N) is 1. The van der Waals surface area contributed by atoms with E-state index in [0.29, 0.717) is 0 Å². The van der Waals surface area contributed by atoms with Crippen molar-refractivity contribution in [3.05, 3.63) is 63.9 Å². The number of halogens is 1. The van der Waals surface area contributed by atoms with Gasteiger partial charge in [0.2, 0.25) is 0 Å². The van der Waals surface area contributed by atoms with Crippen LogP contribution in [0.2, 0.25) is 0 Å². The molecule has 2 rings (SSSR count). The fourth-order valence-corrected chi connectivity index (χ4v) is 2.70. The molecule has 0 unspecified atom stereocenters. The first-order chi connectivity index (χ1) is 8.24. The molecular weight excluding hydrogens is 294 g/mol. The Bertz CT molecular complexity index is 482. The average molecular weight is 308 g/mol. The third kappa shape index (κ3) is 4.17. The summed E-state index contributed by atoms with van der Waals surface area (Å²) in [6, 6.07) is 12.8. The lowest BCUT2D eigenvalue weighted by atomic mass is 10.2. The number of hydrogen-bond acceptors (Lipinski definition) is 2. The van der Waals surface area contributed by atoms with Crippen molar-refractivity contribution < 1.29 is 0 Å². The minimum atomic E-state index is 0.960. The second kappa shape index (κ2) is 6.22. The Morgan fingerprint density at radius 3 is 2.76 bits per heavy atom. The molecule has 1 aromatic carbocycles. The number of benzene rings is 1. The molecule has 1 nitrogen and oxygen atoms in total. The van der Waals surface area contributed by atoms with Crippen molar-refractivity contribution in [2.24, 2.45) is 0 Å². The Kier molecular flexibility index (Phi) is 4.63. The molecule has 0 spiro atoms. The van der Waals surface area contributed by atoms with Gasteiger partial charge < -0.3 is 0 Å². The Morgan fingerprint density at radius 2 is 2.06 bits per heavy atom. The average Bonchev–Trinajstić information content (AvgIpc) is 2.32. The third-order valence-electron chi connectivity index (χ3n) is 2.39. The van der Waals surface area contributed by atoms with E-state index in [4.69, 9.17) is 0 Å². The zero-order chi connectivity index (χ0) is 12.1. The predicted molar refractivity (Wildman–Crippen MR) is 78.1 cm³/mol. The highest BCUT2D eigenvalue weighted by Gasteiger charge is 1.97. The van der Waals surface area contributed by atoms with Gasteiger partial charge in [-0.2, -0.15) is 11.8 Å². The molecule has 1 heterocycles. The summed E-state index contributed by atoms with van der Waals surface area (Å²) < 4.78 is 1.03. The monoisotopic (exact) mass is 307 g/mol. The lowest BCUT2D eigenvalue weighted by Crippen LogP contribution is -1.87. The fraction of sp³-hybridized carbons (Fsp3) is 0.214. The van der Waals surface area contributed by atoms with Gasteiger partial charge in [-0.1, -0.05) is 29.8 Å². The van der Waals surface area contributed by atoms with Crippen molar-refractivity contribution >= 4 is 27.7 Å². The zero-order valence-corrected chi connectivity index (χ0v) is 12.1. The van der Waals surface area contributed by atoms with Gasteiger partial charge in [-0.05, 0) is 40.5 Å². The van der Waals surface area contributed by atoms with Crippen LogP contribution in [0.1, 0.15) is 16.8 Å². The molecule has 0 amide bonds. The summed E-state index contributed by atoms with van der Waals surface area (Å²) in [6.07, 6.45) is 1.85. The lowest BCUT2D eigenvalue weighted by Gasteiger charge is -2.03. The summed E-state index contributed by atoms with van der Waals surface area (Å²) >= 11 is 5.29. The molecule has 3 heteroatoms. The Hall–Kier alpha value is -0.800. The van der Waals surface area contributed by atoms with Crippen LogP contribution in [0, 0.1) is 6.92 Å². The fourth-order valence-electron chi connectivity index (χ4n) is 1.57. The molecule has 0 aliphatic rings. The van der Waals surface area contributed by atoms with Crippen LogP contribution in [0.15, 0.2) is 47.1 Å². The predicted octanol–water partition coefficient (Wildman–Crippen LogP) is 4.59. The van der Waals surface area contributed by atoms with Crippen molar-refractivity contribution in [3.8, 4) is 0 Å². The molecule has 0 bridgehead atoms. The van der Waals surface area contributed by atoms with Crippen LogP contribution in [0.4, 0.5) is 0 Å². The van der Waals surface area contributed by atoms with Crippen LogP contribution >= 0.6 is 27.7 Å². The van der Waals surface area contributed by atoms with Gasteiger partial charge in [-0.25, -0.2) is 0 Å². The molecule has 0 fully saturated rings. The number of rotatable bonds is 4. The number of thioether (sulfide) groups is 1. The van der Waals surface area contributed by atoms with Crippen LogP contribution in [-0.2, 0) is 11.5 Å². The molecule has 88 valence electrons. The lowest BCUT2D eigenvalue weighted by molar-refractivity contribution is 1.16. The maximum atomic E-state index is 4.36. The zero-order valence-electron chi connectivity index (χ0n) is 9.69. The Labute approximate surface area is 115 Å². The summed E-state index contributed by atoms with van der Waals surface area (Å²) in [5, 5.41) is 0. The Balaban J connectivity index is 1.85.